The molecule has 2 aliphatic heterocycles. The third-order valence-corrected chi connectivity index (χ3v) is 4.27. The van der Waals surface area contributed by atoms with Crippen molar-refractivity contribution >= 4 is 17.9 Å². The molecule has 9 nitrogen and oxygen atoms in total. The second-order valence-corrected chi connectivity index (χ2v) is 7.46. The van der Waals surface area contributed by atoms with Gasteiger partial charge in [-0.1, -0.05) is 0 Å². The van der Waals surface area contributed by atoms with Crippen LogP contribution in [0.4, 0.5) is 4.79 Å². The average molecular weight is 362 g/mol. The highest BCUT2D eigenvalue weighted by molar-refractivity contribution is 5.92. The molecule has 26 heavy (non-hydrogen) atoms. The zero-order chi connectivity index (χ0) is 19.1. The fraction of sp³-hybridized carbons (Fsp3) is 0.529. The van der Waals surface area contributed by atoms with E-state index in [0.717, 1.165) is 4.90 Å². The van der Waals surface area contributed by atoms with Crippen LogP contribution in [-0.2, 0) is 20.9 Å². The quantitative estimate of drug-likeness (QED) is 0.742. The standard InChI is InChI=1S/C17H22N4O5/c1-16(2,3)26-15(24)21-9-17(7-11(21)13(18)22)14(23)20-8-10-12(25-17)5-4-6-19-10/h4-6,11H,7-9H2,1-3H3,(H2,18,22)(H,20,23)/t11-,17+/m0/s1. The highest BCUT2D eigenvalue weighted by Gasteiger charge is 2.56. The summed E-state index contributed by atoms with van der Waals surface area (Å²) in [6.07, 6.45) is 0.826. The van der Waals surface area contributed by atoms with Gasteiger partial charge in [-0.05, 0) is 32.9 Å². The number of pyridine rings is 1. The number of nitrogens with two attached hydrogens (primary N) is 1. The van der Waals surface area contributed by atoms with Crippen LogP contribution in [0.2, 0.25) is 0 Å². The first-order chi connectivity index (χ1) is 12.1. The number of rotatable bonds is 1. The number of fused-ring (bicyclic) bond motifs is 1. The fourth-order valence-corrected chi connectivity index (χ4v) is 3.11. The topological polar surface area (TPSA) is 124 Å². The number of amides is 3. The van der Waals surface area contributed by atoms with E-state index in [-0.39, 0.29) is 19.5 Å². The van der Waals surface area contributed by atoms with E-state index in [9.17, 15) is 14.4 Å². The molecule has 0 radical (unpaired) electrons. The molecule has 140 valence electrons. The van der Waals surface area contributed by atoms with Crippen molar-refractivity contribution in [1.29, 1.82) is 0 Å². The van der Waals surface area contributed by atoms with Crippen LogP contribution in [0, 0.1) is 0 Å². The van der Waals surface area contributed by atoms with Gasteiger partial charge >= 0.3 is 6.09 Å². The number of nitrogens with zero attached hydrogens (tertiary/aromatic N) is 2. The first-order valence-electron chi connectivity index (χ1n) is 8.31. The Balaban J connectivity index is 1.94. The highest BCUT2D eigenvalue weighted by Crippen LogP contribution is 2.36. The summed E-state index contributed by atoms with van der Waals surface area (Å²) in [4.78, 5) is 42.5. The van der Waals surface area contributed by atoms with Gasteiger partial charge in [0, 0.05) is 12.6 Å². The molecule has 3 N–H and O–H groups in total. The lowest BCUT2D eigenvalue weighted by atomic mass is 9.98. The van der Waals surface area contributed by atoms with Crippen LogP contribution in [0.1, 0.15) is 32.9 Å². The summed E-state index contributed by atoms with van der Waals surface area (Å²) in [7, 11) is 0. The van der Waals surface area contributed by atoms with Crippen LogP contribution in [0.3, 0.4) is 0 Å². The maximum atomic E-state index is 12.7. The lowest BCUT2D eigenvalue weighted by Gasteiger charge is -2.28. The van der Waals surface area contributed by atoms with E-state index in [1.807, 2.05) is 0 Å². The van der Waals surface area contributed by atoms with Crippen molar-refractivity contribution in [2.24, 2.45) is 5.73 Å². The second kappa shape index (κ2) is 6.15. The van der Waals surface area contributed by atoms with Crippen molar-refractivity contribution in [2.75, 3.05) is 6.54 Å². The average Bonchev–Trinajstić information content (AvgIpc) is 2.87. The van der Waals surface area contributed by atoms with Crippen molar-refractivity contribution in [3.8, 4) is 5.75 Å². The van der Waals surface area contributed by atoms with Crippen LogP contribution in [-0.4, -0.2) is 51.6 Å². The number of likely N-dealkylation sites (tertiary alicyclic amines) is 1. The van der Waals surface area contributed by atoms with Crippen LogP contribution < -0.4 is 15.8 Å². The number of ether oxygens (including phenoxy) is 2. The number of carbonyl (C=O) groups excluding carboxylic acids is 3. The molecule has 0 unspecified atom stereocenters. The van der Waals surface area contributed by atoms with Gasteiger partial charge in [-0.3, -0.25) is 19.5 Å². The molecule has 2 aliphatic rings. The Labute approximate surface area is 150 Å². The summed E-state index contributed by atoms with van der Waals surface area (Å²) < 4.78 is 11.3. The number of hydrogen-bond donors (Lipinski definition) is 2. The van der Waals surface area contributed by atoms with Crippen molar-refractivity contribution in [2.45, 2.75) is 51.0 Å². The van der Waals surface area contributed by atoms with E-state index >= 15 is 0 Å². The molecule has 0 aromatic carbocycles. The monoisotopic (exact) mass is 362 g/mol. The summed E-state index contributed by atoms with van der Waals surface area (Å²) in [6.45, 7) is 5.20. The number of hydrogen-bond acceptors (Lipinski definition) is 6. The number of carbonyl (C=O) groups is 3. The molecule has 3 rings (SSSR count). The first-order valence-corrected chi connectivity index (χ1v) is 8.31. The molecule has 0 aliphatic carbocycles. The maximum Gasteiger partial charge on any atom is 0.411 e. The SMILES string of the molecule is CC(C)(C)OC(=O)N1C[C@@]2(C[C@H]1C(N)=O)Oc1cccnc1CNC2=O. The predicted octanol–water partition coefficient (Wildman–Crippen LogP) is 0.324. The minimum absolute atomic E-state index is 0.0538. The van der Waals surface area contributed by atoms with Crippen LogP contribution in [0.15, 0.2) is 18.3 Å². The van der Waals surface area contributed by atoms with E-state index in [1.165, 1.54) is 0 Å². The Kier molecular flexibility index (Phi) is 4.25. The van der Waals surface area contributed by atoms with E-state index in [1.54, 1.807) is 39.1 Å². The van der Waals surface area contributed by atoms with Gasteiger partial charge in [-0.2, -0.15) is 0 Å². The van der Waals surface area contributed by atoms with Crippen LogP contribution in [0.25, 0.3) is 0 Å². The molecule has 2 atom stereocenters. The minimum Gasteiger partial charge on any atom is -0.473 e. The maximum absolute atomic E-state index is 12.7. The van der Waals surface area contributed by atoms with E-state index in [2.05, 4.69) is 10.3 Å². The van der Waals surface area contributed by atoms with Crippen molar-refractivity contribution in [1.82, 2.24) is 15.2 Å². The van der Waals surface area contributed by atoms with Crippen LogP contribution in [0.5, 0.6) is 5.75 Å². The molecular weight excluding hydrogens is 340 g/mol. The smallest absolute Gasteiger partial charge is 0.411 e. The van der Waals surface area contributed by atoms with Crippen molar-refractivity contribution < 1.29 is 23.9 Å². The van der Waals surface area contributed by atoms with Crippen LogP contribution >= 0.6 is 0 Å². The molecule has 1 spiro atoms. The molecule has 1 saturated heterocycles. The normalized spacial score (nSPS) is 25.1. The lowest BCUT2D eigenvalue weighted by molar-refractivity contribution is -0.135. The lowest BCUT2D eigenvalue weighted by Crippen LogP contribution is -2.52. The summed E-state index contributed by atoms with van der Waals surface area (Å²) in [5, 5.41) is 2.74. The van der Waals surface area contributed by atoms with E-state index in [0.29, 0.717) is 11.4 Å². The van der Waals surface area contributed by atoms with Gasteiger partial charge in [0.15, 0.2) is 0 Å². The second-order valence-electron chi connectivity index (χ2n) is 7.46. The molecule has 3 heterocycles. The Morgan fingerprint density at radius 1 is 1.46 bits per heavy atom. The Morgan fingerprint density at radius 2 is 2.19 bits per heavy atom. The molecule has 9 heteroatoms. The van der Waals surface area contributed by atoms with Gasteiger partial charge < -0.3 is 20.5 Å². The summed E-state index contributed by atoms with van der Waals surface area (Å²) in [5.41, 5.74) is 3.87. The number of aromatic nitrogens is 1. The first kappa shape index (κ1) is 18.0. The van der Waals surface area contributed by atoms with Gasteiger partial charge in [-0.25, -0.2) is 4.79 Å². The zero-order valence-corrected chi connectivity index (χ0v) is 14.9. The Bertz CT molecular complexity index is 760. The predicted molar refractivity (Wildman–Crippen MR) is 90.0 cm³/mol. The zero-order valence-electron chi connectivity index (χ0n) is 14.9. The molecule has 0 saturated carbocycles. The van der Waals surface area contributed by atoms with Gasteiger partial charge in [0.1, 0.15) is 23.1 Å². The third kappa shape index (κ3) is 3.29. The fourth-order valence-electron chi connectivity index (χ4n) is 3.11. The summed E-state index contributed by atoms with van der Waals surface area (Å²) in [6, 6.07) is 2.38. The molecule has 1 aromatic rings. The Morgan fingerprint density at radius 3 is 2.85 bits per heavy atom. The third-order valence-electron chi connectivity index (χ3n) is 4.27. The largest absolute Gasteiger partial charge is 0.473 e. The Hall–Kier alpha value is -2.84. The highest BCUT2D eigenvalue weighted by atomic mass is 16.6. The molecule has 1 fully saturated rings. The van der Waals surface area contributed by atoms with Gasteiger partial charge in [0.2, 0.25) is 11.5 Å². The summed E-state index contributed by atoms with van der Waals surface area (Å²) in [5.74, 6) is -0.715. The minimum atomic E-state index is -1.43. The van der Waals surface area contributed by atoms with E-state index < -0.39 is 35.2 Å². The molecule has 0 bridgehead atoms. The van der Waals surface area contributed by atoms with Gasteiger partial charge in [0.25, 0.3) is 5.91 Å². The number of primary amides is 1. The van der Waals surface area contributed by atoms with Gasteiger partial charge in [-0.15, -0.1) is 0 Å². The van der Waals surface area contributed by atoms with Crippen molar-refractivity contribution in [3.05, 3.63) is 24.0 Å². The molecular formula is C17H22N4O5. The molecule has 1 aromatic heterocycles. The summed E-state index contributed by atoms with van der Waals surface area (Å²) >= 11 is 0. The number of nitrogens with one attached hydrogen (secondary N) is 1. The van der Waals surface area contributed by atoms with E-state index in [4.69, 9.17) is 15.2 Å². The van der Waals surface area contributed by atoms with Gasteiger partial charge in [0.05, 0.1) is 13.1 Å². The molecule has 3 amide bonds. The van der Waals surface area contributed by atoms with Crippen molar-refractivity contribution in [3.63, 3.8) is 0 Å².